The molecule has 3 aliphatic heterocycles. The molecule has 0 radical (unpaired) electrons. The summed E-state index contributed by atoms with van der Waals surface area (Å²) in [5.74, 6) is 0.667. The molecule has 0 spiro atoms. The Morgan fingerprint density at radius 2 is 1.84 bits per heavy atom. The van der Waals surface area contributed by atoms with Crippen LogP contribution in [0, 0.1) is 3.57 Å². The predicted octanol–water partition coefficient (Wildman–Crippen LogP) is 2.88. The molecule has 1 atom stereocenters. The molecule has 2 amide bonds. The lowest BCUT2D eigenvalue weighted by molar-refractivity contribution is 0.0646. The molecule has 0 aromatic heterocycles. The highest BCUT2D eigenvalue weighted by Gasteiger charge is 2.40. The summed E-state index contributed by atoms with van der Waals surface area (Å²) in [5, 5.41) is 0. The van der Waals surface area contributed by atoms with Gasteiger partial charge in [0.25, 0.3) is 11.8 Å². The lowest BCUT2D eigenvalue weighted by atomic mass is 10.0. The first kappa shape index (κ1) is 15.2. The zero-order valence-electron chi connectivity index (χ0n) is 13.4. The molecule has 5 rings (SSSR count). The summed E-state index contributed by atoms with van der Waals surface area (Å²) < 4.78 is 6.93. The Balaban J connectivity index is 1.50. The number of halogens is 1. The summed E-state index contributed by atoms with van der Waals surface area (Å²) in [6.45, 7) is 2.75. The van der Waals surface area contributed by atoms with Gasteiger partial charge in [0.05, 0.1) is 23.4 Å². The monoisotopic (exact) mass is 446 g/mol. The molecule has 1 unspecified atom stereocenters. The van der Waals surface area contributed by atoms with Gasteiger partial charge in [-0.2, -0.15) is 0 Å². The topological polar surface area (TPSA) is 49.9 Å². The van der Waals surface area contributed by atoms with Gasteiger partial charge in [-0.15, -0.1) is 0 Å². The SMILES string of the molecule is O=C1c2ccccc2C(=O)N1CC1CN2CCOc3cc(I)cc1c32. The van der Waals surface area contributed by atoms with E-state index in [1.165, 1.54) is 10.5 Å². The predicted molar refractivity (Wildman–Crippen MR) is 101 cm³/mol. The molecule has 6 heteroatoms. The van der Waals surface area contributed by atoms with Crippen molar-refractivity contribution in [3.63, 3.8) is 0 Å². The number of rotatable bonds is 2. The van der Waals surface area contributed by atoms with Crippen LogP contribution >= 0.6 is 22.6 Å². The van der Waals surface area contributed by atoms with Crippen molar-refractivity contribution in [1.82, 2.24) is 4.90 Å². The minimum Gasteiger partial charge on any atom is -0.490 e. The second-order valence-electron chi connectivity index (χ2n) is 6.60. The van der Waals surface area contributed by atoms with E-state index in [2.05, 4.69) is 39.6 Å². The molecule has 5 nitrogen and oxygen atoms in total. The van der Waals surface area contributed by atoms with Crippen LogP contribution in [-0.4, -0.2) is 43.0 Å². The second-order valence-corrected chi connectivity index (χ2v) is 7.85. The van der Waals surface area contributed by atoms with Crippen molar-refractivity contribution < 1.29 is 14.3 Å². The maximum Gasteiger partial charge on any atom is 0.261 e. The summed E-state index contributed by atoms with van der Waals surface area (Å²) in [5.41, 5.74) is 3.34. The average Bonchev–Trinajstić information content (AvgIpc) is 3.08. The Morgan fingerprint density at radius 1 is 1.12 bits per heavy atom. The first-order chi connectivity index (χ1) is 12.1. The minimum absolute atomic E-state index is 0.118. The van der Waals surface area contributed by atoms with Crippen LogP contribution in [0.4, 0.5) is 5.69 Å². The zero-order chi connectivity index (χ0) is 17.1. The van der Waals surface area contributed by atoms with E-state index in [0.29, 0.717) is 24.3 Å². The number of ether oxygens (including phenoxy) is 1. The van der Waals surface area contributed by atoms with E-state index in [0.717, 1.165) is 28.1 Å². The molecule has 25 heavy (non-hydrogen) atoms. The van der Waals surface area contributed by atoms with Crippen LogP contribution in [0.15, 0.2) is 36.4 Å². The van der Waals surface area contributed by atoms with Gasteiger partial charge >= 0.3 is 0 Å². The maximum absolute atomic E-state index is 12.7. The fourth-order valence-electron chi connectivity index (χ4n) is 4.06. The molecule has 0 saturated heterocycles. The van der Waals surface area contributed by atoms with Crippen molar-refractivity contribution in [2.75, 3.05) is 31.1 Å². The van der Waals surface area contributed by atoms with Gasteiger partial charge in [-0.05, 0) is 52.4 Å². The Morgan fingerprint density at radius 3 is 2.56 bits per heavy atom. The van der Waals surface area contributed by atoms with E-state index < -0.39 is 0 Å². The van der Waals surface area contributed by atoms with E-state index in [9.17, 15) is 9.59 Å². The lowest BCUT2D eigenvalue weighted by Gasteiger charge is -2.27. The number of carbonyl (C=O) groups excluding carboxylic acids is 2. The molecule has 0 bridgehead atoms. The third-order valence-corrected chi connectivity index (χ3v) is 5.79. The van der Waals surface area contributed by atoms with Crippen molar-refractivity contribution in [2.24, 2.45) is 0 Å². The highest BCUT2D eigenvalue weighted by Crippen LogP contribution is 2.46. The first-order valence-corrected chi connectivity index (χ1v) is 9.38. The van der Waals surface area contributed by atoms with Gasteiger partial charge in [-0.25, -0.2) is 0 Å². The highest BCUT2D eigenvalue weighted by molar-refractivity contribution is 14.1. The number of anilines is 1. The van der Waals surface area contributed by atoms with Crippen LogP contribution in [0.1, 0.15) is 32.2 Å². The van der Waals surface area contributed by atoms with Gasteiger partial charge < -0.3 is 9.64 Å². The van der Waals surface area contributed by atoms with E-state index in [1.54, 1.807) is 24.3 Å². The number of fused-ring (bicyclic) bond motifs is 1. The van der Waals surface area contributed by atoms with Crippen LogP contribution < -0.4 is 9.64 Å². The number of imide groups is 1. The van der Waals surface area contributed by atoms with Gasteiger partial charge in [-0.1, -0.05) is 12.1 Å². The molecule has 2 aromatic carbocycles. The molecular weight excluding hydrogens is 431 g/mol. The molecular formula is C19H15IN2O3. The normalized spacial score (nSPS) is 20.6. The summed E-state index contributed by atoms with van der Waals surface area (Å²) in [4.78, 5) is 29.1. The van der Waals surface area contributed by atoms with E-state index in [1.807, 2.05) is 0 Å². The van der Waals surface area contributed by atoms with Crippen LogP contribution in [-0.2, 0) is 0 Å². The zero-order valence-corrected chi connectivity index (χ0v) is 15.5. The Hall–Kier alpha value is -2.09. The summed E-state index contributed by atoms with van der Waals surface area (Å²) in [7, 11) is 0. The van der Waals surface area contributed by atoms with Gasteiger partial charge in [-0.3, -0.25) is 14.5 Å². The molecule has 126 valence electrons. The van der Waals surface area contributed by atoms with Crippen molar-refractivity contribution in [3.8, 4) is 5.75 Å². The molecule has 2 aromatic rings. The average molecular weight is 446 g/mol. The molecule has 0 fully saturated rings. The van der Waals surface area contributed by atoms with Gasteiger partial charge in [0, 0.05) is 22.6 Å². The maximum atomic E-state index is 12.7. The second kappa shape index (κ2) is 5.45. The number of hydrogen-bond acceptors (Lipinski definition) is 4. The molecule has 3 aliphatic rings. The first-order valence-electron chi connectivity index (χ1n) is 8.30. The molecule has 0 saturated carbocycles. The smallest absolute Gasteiger partial charge is 0.261 e. The van der Waals surface area contributed by atoms with Crippen molar-refractivity contribution >= 4 is 40.1 Å². The van der Waals surface area contributed by atoms with Gasteiger partial charge in [0.2, 0.25) is 0 Å². The van der Waals surface area contributed by atoms with Crippen LogP contribution in [0.25, 0.3) is 0 Å². The summed E-state index contributed by atoms with van der Waals surface area (Å²) in [6.07, 6.45) is 0. The Labute approximate surface area is 158 Å². The van der Waals surface area contributed by atoms with Gasteiger partial charge in [0.1, 0.15) is 12.4 Å². The fourth-order valence-corrected chi connectivity index (χ4v) is 4.68. The largest absolute Gasteiger partial charge is 0.490 e. The standard InChI is InChI=1S/C19H15IN2O3/c20-12-7-15-11(9-21-5-6-25-16(8-12)17(15)21)10-22-18(23)13-3-1-2-4-14(13)19(22)24/h1-4,7-8,11H,5-6,9-10H2. The molecule has 3 heterocycles. The summed E-state index contributed by atoms with van der Waals surface area (Å²) >= 11 is 2.29. The van der Waals surface area contributed by atoms with E-state index >= 15 is 0 Å². The molecule has 0 N–H and O–H groups in total. The Bertz CT molecular complexity index is 892. The van der Waals surface area contributed by atoms with E-state index in [-0.39, 0.29) is 17.7 Å². The number of benzene rings is 2. The van der Waals surface area contributed by atoms with Gasteiger partial charge in [0.15, 0.2) is 0 Å². The summed E-state index contributed by atoms with van der Waals surface area (Å²) in [6, 6.07) is 11.3. The fraction of sp³-hybridized carbons (Fsp3) is 0.263. The number of amides is 2. The number of nitrogens with zero attached hydrogens (tertiary/aromatic N) is 2. The van der Waals surface area contributed by atoms with Crippen molar-refractivity contribution in [2.45, 2.75) is 5.92 Å². The third-order valence-electron chi connectivity index (χ3n) is 5.17. The highest BCUT2D eigenvalue weighted by atomic mass is 127. The quantitative estimate of drug-likeness (QED) is 0.526. The minimum atomic E-state index is -0.183. The number of hydrogen-bond donors (Lipinski definition) is 0. The van der Waals surface area contributed by atoms with Crippen molar-refractivity contribution in [1.29, 1.82) is 0 Å². The van der Waals surface area contributed by atoms with Crippen LogP contribution in [0.2, 0.25) is 0 Å². The van der Waals surface area contributed by atoms with Crippen LogP contribution in [0.3, 0.4) is 0 Å². The molecule has 0 aliphatic carbocycles. The van der Waals surface area contributed by atoms with Crippen LogP contribution in [0.5, 0.6) is 5.75 Å². The lowest BCUT2D eigenvalue weighted by Crippen LogP contribution is -2.36. The Kier molecular flexibility index (Phi) is 3.31. The number of carbonyl (C=O) groups is 2. The van der Waals surface area contributed by atoms with Crippen molar-refractivity contribution in [3.05, 3.63) is 56.7 Å². The van der Waals surface area contributed by atoms with E-state index in [4.69, 9.17) is 4.74 Å². The third kappa shape index (κ3) is 2.19.